The molecule has 152 valence electrons. The topological polar surface area (TPSA) is 57.5 Å². The zero-order valence-corrected chi connectivity index (χ0v) is 17.7. The molecular formula is C22H34N6. The third-order valence-corrected chi connectivity index (χ3v) is 5.54. The van der Waals surface area contributed by atoms with Crippen molar-refractivity contribution in [3.8, 4) is 0 Å². The summed E-state index contributed by atoms with van der Waals surface area (Å²) in [5.41, 5.74) is 4.07. The van der Waals surface area contributed by atoms with E-state index in [1.165, 1.54) is 11.1 Å². The van der Waals surface area contributed by atoms with Gasteiger partial charge in [-0.25, -0.2) is 4.99 Å². The summed E-state index contributed by atoms with van der Waals surface area (Å²) >= 11 is 0. The summed E-state index contributed by atoms with van der Waals surface area (Å²) in [6, 6.07) is 11.3. The van der Waals surface area contributed by atoms with Crippen LogP contribution in [-0.2, 0) is 26.6 Å². The fraction of sp³-hybridized carbons (Fsp3) is 0.545. The predicted molar refractivity (Wildman–Crippen MR) is 115 cm³/mol. The minimum Gasteiger partial charge on any atom is -0.357 e. The monoisotopic (exact) mass is 382 g/mol. The average molecular weight is 383 g/mol. The van der Waals surface area contributed by atoms with Crippen LogP contribution in [0.2, 0.25) is 0 Å². The van der Waals surface area contributed by atoms with Gasteiger partial charge in [-0.1, -0.05) is 38.1 Å². The van der Waals surface area contributed by atoms with Gasteiger partial charge in [0.1, 0.15) is 0 Å². The van der Waals surface area contributed by atoms with Crippen molar-refractivity contribution in [3.63, 3.8) is 0 Å². The van der Waals surface area contributed by atoms with Gasteiger partial charge in [0.25, 0.3) is 0 Å². The first-order chi connectivity index (χ1) is 13.6. The van der Waals surface area contributed by atoms with Crippen LogP contribution in [0.15, 0.2) is 41.5 Å². The lowest BCUT2D eigenvalue weighted by Crippen LogP contribution is -2.50. The van der Waals surface area contributed by atoms with E-state index in [-0.39, 0.29) is 0 Å². The summed E-state index contributed by atoms with van der Waals surface area (Å²) in [5, 5.41) is 11.2. The first-order valence-corrected chi connectivity index (χ1v) is 10.4. The Bertz CT molecular complexity index is 779. The van der Waals surface area contributed by atoms with Crippen LogP contribution in [0.25, 0.3) is 0 Å². The number of fused-ring (bicyclic) bond motifs is 1. The highest BCUT2D eigenvalue weighted by atomic mass is 15.3. The van der Waals surface area contributed by atoms with Crippen LogP contribution < -0.4 is 10.6 Å². The fourth-order valence-electron chi connectivity index (χ4n) is 3.85. The fourth-order valence-corrected chi connectivity index (χ4v) is 3.85. The number of rotatable bonds is 7. The third-order valence-electron chi connectivity index (χ3n) is 5.54. The Morgan fingerprint density at radius 1 is 1.18 bits per heavy atom. The zero-order valence-electron chi connectivity index (χ0n) is 17.7. The lowest BCUT2D eigenvalue weighted by Gasteiger charge is -2.38. The number of aryl methyl sites for hydroxylation is 1. The number of nitrogens with zero attached hydrogens (tertiary/aromatic N) is 4. The Morgan fingerprint density at radius 3 is 2.64 bits per heavy atom. The van der Waals surface area contributed by atoms with Gasteiger partial charge >= 0.3 is 0 Å². The van der Waals surface area contributed by atoms with Crippen molar-refractivity contribution in [3.05, 3.63) is 53.3 Å². The van der Waals surface area contributed by atoms with E-state index in [1.807, 2.05) is 24.0 Å². The van der Waals surface area contributed by atoms with Crippen LogP contribution in [0.1, 0.15) is 37.6 Å². The molecule has 2 aromatic rings. The SMILES string of the molecule is CCNC(=NCc1ccnn1C)NCC(C(C)C)N1CCc2ccccc2C1. The van der Waals surface area contributed by atoms with Crippen molar-refractivity contribution >= 4 is 5.96 Å². The summed E-state index contributed by atoms with van der Waals surface area (Å²) in [7, 11) is 1.95. The molecule has 1 unspecified atom stereocenters. The summed E-state index contributed by atoms with van der Waals surface area (Å²) in [6.07, 6.45) is 2.95. The summed E-state index contributed by atoms with van der Waals surface area (Å²) in [4.78, 5) is 7.36. The van der Waals surface area contributed by atoms with Crippen molar-refractivity contribution in [2.45, 2.75) is 46.3 Å². The summed E-state index contributed by atoms with van der Waals surface area (Å²) in [6.45, 7) is 11.2. The van der Waals surface area contributed by atoms with Crippen molar-refractivity contribution in [1.29, 1.82) is 0 Å². The largest absolute Gasteiger partial charge is 0.357 e. The highest BCUT2D eigenvalue weighted by Gasteiger charge is 2.25. The first kappa shape index (κ1) is 20.4. The summed E-state index contributed by atoms with van der Waals surface area (Å²) < 4.78 is 1.87. The summed E-state index contributed by atoms with van der Waals surface area (Å²) in [5.74, 6) is 1.43. The van der Waals surface area contributed by atoms with Crippen LogP contribution >= 0.6 is 0 Å². The number of guanidine groups is 1. The maximum Gasteiger partial charge on any atom is 0.191 e. The Balaban J connectivity index is 1.63. The highest BCUT2D eigenvalue weighted by Crippen LogP contribution is 2.22. The van der Waals surface area contributed by atoms with Crippen molar-refractivity contribution in [2.75, 3.05) is 19.6 Å². The molecule has 0 saturated carbocycles. The predicted octanol–water partition coefficient (Wildman–Crippen LogP) is 2.56. The molecule has 1 aromatic carbocycles. The molecule has 6 nitrogen and oxygen atoms in total. The van der Waals surface area contributed by atoms with E-state index >= 15 is 0 Å². The number of aromatic nitrogens is 2. The molecule has 2 heterocycles. The van der Waals surface area contributed by atoms with E-state index in [4.69, 9.17) is 4.99 Å². The van der Waals surface area contributed by atoms with Crippen molar-refractivity contribution in [2.24, 2.45) is 18.0 Å². The van der Waals surface area contributed by atoms with Gasteiger partial charge in [0, 0.05) is 45.5 Å². The van der Waals surface area contributed by atoms with E-state index in [0.717, 1.165) is 44.3 Å². The number of hydrogen-bond donors (Lipinski definition) is 2. The van der Waals surface area contributed by atoms with E-state index in [1.54, 1.807) is 0 Å². The number of aliphatic imine (C=N–C) groups is 1. The Hall–Kier alpha value is -2.34. The smallest absolute Gasteiger partial charge is 0.191 e. The minimum atomic E-state index is 0.467. The molecule has 0 saturated heterocycles. The van der Waals surface area contributed by atoms with Gasteiger partial charge in [-0.05, 0) is 36.5 Å². The Morgan fingerprint density at radius 2 is 1.96 bits per heavy atom. The van der Waals surface area contributed by atoms with Gasteiger partial charge in [0.2, 0.25) is 0 Å². The zero-order chi connectivity index (χ0) is 19.9. The molecule has 2 N–H and O–H groups in total. The minimum absolute atomic E-state index is 0.467. The average Bonchev–Trinajstić information content (AvgIpc) is 3.10. The molecule has 0 fully saturated rings. The molecule has 0 amide bonds. The molecule has 3 rings (SSSR count). The van der Waals surface area contributed by atoms with Crippen LogP contribution in [0, 0.1) is 5.92 Å². The second kappa shape index (κ2) is 9.73. The maximum atomic E-state index is 4.74. The number of benzene rings is 1. The van der Waals surface area contributed by atoms with Crippen LogP contribution in [0.3, 0.4) is 0 Å². The van der Waals surface area contributed by atoms with E-state index in [0.29, 0.717) is 18.5 Å². The number of nitrogens with one attached hydrogen (secondary N) is 2. The van der Waals surface area contributed by atoms with Gasteiger partial charge < -0.3 is 10.6 Å². The molecule has 0 bridgehead atoms. The van der Waals surface area contributed by atoms with Gasteiger partial charge in [0.15, 0.2) is 5.96 Å². The van der Waals surface area contributed by atoms with Crippen LogP contribution in [0.4, 0.5) is 0 Å². The first-order valence-electron chi connectivity index (χ1n) is 10.4. The van der Waals surface area contributed by atoms with E-state index in [2.05, 4.69) is 65.7 Å². The van der Waals surface area contributed by atoms with Crippen molar-refractivity contribution in [1.82, 2.24) is 25.3 Å². The number of hydrogen-bond acceptors (Lipinski definition) is 3. The second-order valence-electron chi connectivity index (χ2n) is 7.82. The molecule has 1 atom stereocenters. The van der Waals surface area contributed by atoms with E-state index < -0.39 is 0 Å². The maximum absolute atomic E-state index is 4.74. The normalized spacial score (nSPS) is 16.1. The van der Waals surface area contributed by atoms with E-state index in [9.17, 15) is 0 Å². The van der Waals surface area contributed by atoms with Crippen molar-refractivity contribution < 1.29 is 0 Å². The van der Waals surface area contributed by atoms with Crippen LogP contribution in [-0.4, -0.2) is 46.3 Å². The van der Waals surface area contributed by atoms with Gasteiger partial charge in [0.05, 0.1) is 12.2 Å². The van der Waals surface area contributed by atoms with Gasteiger partial charge in [-0.2, -0.15) is 5.10 Å². The molecule has 6 heteroatoms. The molecule has 28 heavy (non-hydrogen) atoms. The lowest BCUT2D eigenvalue weighted by molar-refractivity contribution is 0.140. The van der Waals surface area contributed by atoms with Gasteiger partial charge in [-0.3, -0.25) is 9.58 Å². The Kier molecular flexibility index (Phi) is 7.09. The Labute approximate surface area is 169 Å². The molecule has 1 aromatic heterocycles. The molecule has 1 aliphatic heterocycles. The van der Waals surface area contributed by atoms with Gasteiger partial charge in [-0.15, -0.1) is 0 Å². The lowest BCUT2D eigenvalue weighted by atomic mass is 9.95. The second-order valence-corrected chi connectivity index (χ2v) is 7.82. The highest BCUT2D eigenvalue weighted by molar-refractivity contribution is 5.79. The molecule has 0 spiro atoms. The quantitative estimate of drug-likeness (QED) is 0.571. The van der Waals surface area contributed by atoms with Crippen LogP contribution in [0.5, 0.6) is 0 Å². The molecular weight excluding hydrogens is 348 g/mol. The standard InChI is InChI=1S/C22H34N6/c1-5-23-22(24-14-20-10-12-26-27(20)4)25-15-21(17(2)3)28-13-11-18-8-6-7-9-19(18)16-28/h6-10,12,17,21H,5,11,13-16H2,1-4H3,(H2,23,24,25). The molecule has 0 aliphatic carbocycles. The molecule has 0 radical (unpaired) electrons. The molecule has 1 aliphatic rings. The third kappa shape index (κ3) is 5.13.